The molecular weight excluding hydrogens is 504 g/mol. The van der Waals surface area contributed by atoms with Crippen molar-refractivity contribution >= 4 is 47.4 Å². The van der Waals surface area contributed by atoms with E-state index in [9.17, 15) is 43.5 Å². The van der Waals surface area contributed by atoms with Gasteiger partial charge in [0.2, 0.25) is 29.5 Å². The molecule has 0 fully saturated rings. The normalized spacial score (nSPS) is 13.6. The van der Waals surface area contributed by atoms with Crippen molar-refractivity contribution in [3.63, 3.8) is 0 Å². The zero-order chi connectivity index (χ0) is 28.7. The first-order chi connectivity index (χ1) is 17.2. The topological polar surface area (TPSA) is 304 Å². The van der Waals surface area contributed by atoms with Crippen molar-refractivity contribution in [2.75, 3.05) is 19.7 Å². The van der Waals surface area contributed by atoms with Gasteiger partial charge in [-0.25, -0.2) is 0 Å². The molecule has 11 N–H and O–H groups in total. The lowest BCUT2D eigenvalue weighted by Gasteiger charge is -2.22. The van der Waals surface area contributed by atoms with Gasteiger partial charge in [-0.2, -0.15) is 0 Å². The second kappa shape index (κ2) is 16.4. The number of nitrogens with two attached hydrogens (primary N) is 1. The monoisotopic (exact) mass is 534 g/mol. The Balaban J connectivity index is 5.11. The number of hydrogen-bond donors (Lipinski definition) is 10. The highest BCUT2D eigenvalue weighted by molar-refractivity contribution is 5.96. The van der Waals surface area contributed by atoms with Gasteiger partial charge in [-0.3, -0.25) is 38.4 Å². The van der Waals surface area contributed by atoms with E-state index in [4.69, 9.17) is 21.1 Å². The molecule has 18 nitrogen and oxygen atoms in total. The van der Waals surface area contributed by atoms with Crippen molar-refractivity contribution < 1.29 is 58.8 Å². The van der Waals surface area contributed by atoms with Crippen LogP contribution < -0.4 is 32.3 Å². The zero-order valence-corrected chi connectivity index (χ0v) is 19.7. The van der Waals surface area contributed by atoms with Gasteiger partial charge in [0.1, 0.15) is 24.7 Å². The summed E-state index contributed by atoms with van der Waals surface area (Å²) in [5.41, 5.74) is 5.36. The summed E-state index contributed by atoms with van der Waals surface area (Å²) in [6, 6.07) is -5.84. The second-order valence-electron chi connectivity index (χ2n) is 7.57. The van der Waals surface area contributed by atoms with Crippen molar-refractivity contribution in [3.05, 3.63) is 0 Å². The Morgan fingerprint density at radius 2 is 1.22 bits per heavy atom. The molecule has 0 aromatic rings. The lowest BCUT2D eigenvalue weighted by atomic mass is 10.1. The lowest BCUT2D eigenvalue weighted by molar-refractivity contribution is -0.141. The molecule has 18 heteroatoms. The SMILES string of the molecule is C[C@H](N)C(=O)N[C@@H](CC(=O)O)C(=O)N[C@@H](CO)C(=O)NCC(=O)N[C@@H](CCC(=O)O)C(=O)NCC(=O)O. The zero-order valence-electron chi connectivity index (χ0n) is 19.7. The first-order valence-electron chi connectivity index (χ1n) is 10.6. The summed E-state index contributed by atoms with van der Waals surface area (Å²) < 4.78 is 0. The highest BCUT2D eigenvalue weighted by atomic mass is 16.4. The maximum Gasteiger partial charge on any atom is 0.322 e. The third-order valence-electron chi connectivity index (χ3n) is 4.38. The lowest BCUT2D eigenvalue weighted by Crippen LogP contribution is -2.57. The van der Waals surface area contributed by atoms with Crippen molar-refractivity contribution in [1.82, 2.24) is 26.6 Å². The molecule has 0 aliphatic heterocycles. The van der Waals surface area contributed by atoms with E-state index in [2.05, 4.69) is 10.6 Å². The highest BCUT2D eigenvalue weighted by Gasteiger charge is 2.29. The van der Waals surface area contributed by atoms with E-state index in [1.54, 1.807) is 0 Å². The molecule has 5 amide bonds. The predicted molar refractivity (Wildman–Crippen MR) is 119 cm³/mol. The smallest absolute Gasteiger partial charge is 0.322 e. The van der Waals surface area contributed by atoms with Crippen LogP contribution in [-0.4, -0.2) is 112 Å². The number of aliphatic hydroxyl groups excluding tert-OH is 1. The maximum atomic E-state index is 12.4. The van der Waals surface area contributed by atoms with Gasteiger partial charge < -0.3 is 52.7 Å². The first kappa shape index (κ1) is 32.7. The van der Waals surface area contributed by atoms with Gasteiger partial charge in [0.05, 0.1) is 25.6 Å². The Morgan fingerprint density at radius 1 is 0.676 bits per heavy atom. The molecule has 0 aromatic carbocycles. The van der Waals surface area contributed by atoms with E-state index in [0.29, 0.717) is 0 Å². The van der Waals surface area contributed by atoms with Crippen LogP contribution in [0.4, 0.5) is 0 Å². The fourth-order valence-corrected chi connectivity index (χ4v) is 2.51. The number of aliphatic carboxylic acids is 3. The number of rotatable bonds is 17. The molecule has 0 rings (SSSR count). The summed E-state index contributed by atoms with van der Waals surface area (Å²) in [4.78, 5) is 92.9. The van der Waals surface area contributed by atoms with E-state index in [0.717, 1.165) is 0 Å². The first-order valence-corrected chi connectivity index (χ1v) is 10.6. The third-order valence-corrected chi connectivity index (χ3v) is 4.38. The molecule has 37 heavy (non-hydrogen) atoms. The number of nitrogens with one attached hydrogen (secondary N) is 5. The van der Waals surface area contributed by atoms with Gasteiger partial charge in [-0.05, 0) is 13.3 Å². The minimum atomic E-state index is -1.68. The summed E-state index contributed by atoms with van der Waals surface area (Å²) in [6.45, 7) is -1.30. The van der Waals surface area contributed by atoms with E-state index >= 15 is 0 Å². The maximum absolute atomic E-state index is 12.4. The van der Waals surface area contributed by atoms with Crippen LogP contribution in [0.5, 0.6) is 0 Å². The average molecular weight is 534 g/mol. The molecule has 0 unspecified atom stereocenters. The Hall–Kier alpha value is -4.32. The van der Waals surface area contributed by atoms with Crippen LogP contribution in [0.2, 0.25) is 0 Å². The van der Waals surface area contributed by atoms with Gasteiger partial charge in [0.15, 0.2) is 0 Å². The molecule has 0 heterocycles. The van der Waals surface area contributed by atoms with Gasteiger partial charge in [-0.15, -0.1) is 0 Å². The molecular formula is C19H30N6O12. The molecule has 0 bridgehead atoms. The van der Waals surface area contributed by atoms with Crippen LogP contribution in [-0.2, 0) is 38.4 Å². The molecule has 0 spiro atoms. The molecule has 0 saturated heterocycles. The molecule has 0 saturated carbocycles. The largest absolute Gasteiger partial charge is 0.481 e. The number of hydrogen-bond acceptors (Lipinski definition) is 10. The summed E-state index contributed by atoms with van der Waals surface area (Å²) in [7, 11) is 0. The van der Waals surface area contributed by atoms with Gasteiger partial charge >= 0.3 is 17.9 Å². The van der Waals surface area contributed by atoms with Gasteiger partial charge in [0.25, 0.3) is 0 Å². The number of carboxylic acids is 3. The van der Waals surface area contributed by atoms with Crippen LogP contribution >= 0.6 is 0 Å². The van der Waals surface area contributed by atoms with Crippen LogP contribution in [0.25, 0.3) is 0 Å². The number of aliphatic hydroxyl groups is 1. The number of carboxylic acid groups (broad SMARTS) is 3. The second-order valence-corrected chi connectivity index (χ2v) is 7.57. The fraction of sp³-hybridized carbons (Fsp3) is 0.579. The molecule has 0 aliphatic rings. The molecule has 208 valence electrons. The van der Waals surface area contributed by atoms with Crippen molar-refractivity contribution in [3.8, 4) is 0 Å². The standard InChI is InChI=1S/C19H30N6O12/c1-8(20)16(34)24-10(4-14(30)31)19(37)25-11(7-26)18(36)21-5-12(27)23-9(2-3-13(28)29)17(35)22-6-15(32)33/h8-11,26H,2-7,20H2,1H3,(H,21,36)(H,22,35)(H,23,27)(H,24,34)(H,25,37)(H,28,29)(H,30,31)(H,32,33)/t8-,9-,10-,11-/m0/s1. The van der Waals surface area contributed by atoms with E-state index in [1.807, 2.05) is 16.0 Å². The fourth-order valence-electron chi connectivity index (χ4n) is 2.51. The van der Waals surface area contributed by atoms with Crippen LogP contribution in [0.1, 0.15) is 26.2 Å². The summed E-state index contributed by atoms with van der Waals surface area (Å²) in [5, 5.41) is 46.0. The van der Waals surface area contributed by atoms with Gasteiger partial charge in [0, 0.05) is 6.42 Å². The Bertz CT molecular complexity index is 893. The molecule has 4 atom stereocenters. The van der Waals surface area contributed by atoms with Crippen LogP contribution in [0.3, 0.4) is 0 Å². The molecule has 0 radical (unpaired) electrons. The van der Waals surface area contributed by atoms with E-state index in [-0.39, 0.29) is 0 Å². The average Bonchev–Trinajstić information content (AvgIpc) is 2.80. The van der Waals surface area contributed by atoms with Crippen molar-refractivity contribution in [1.29, 1.82) is 0 Å². The number of amides is 5. The minimum absolute atomic E-state index is 0.395. The highest BCUT2D eigenvalue weighted by Crippen LogP contribution is 1.99. The summed E-state index contributed by atoms with van der Waals surface area (Å²) in [6.07, 6.45) is -1.81. The third kappa shape index (κ3) is 14.0. The van der Waals surface area contributed by atoms with Crippen molar-refractivity contribution in [2.24, 2.45) is 5.73 Å². The quantitative estimate of drug-likeness (QED) is 0.0833. The van der Waals surface area contributed by atoms with Gasteiger partial charge in [-0.1, -0.05) is 0 Å². The molecule has 0 aromatic heterocycles. The summed E-state index contributed by atoms with van der Waals surface area (Å²) >= 11 is 0. The number of carbonyl (C=O) groups excluding carboxylic acids is 5. The van der Waals surface area contributed by atoms with E-state index < -0.39 is 111 Å². The predicted octanol–water partition coefficient (Wildman–Crippen LogP) is -5.56. The minimum Gasteiger partial charge on any atom is -0.481 e. The Morgan fingerprint density at radius 3 is 1.70 bits per heavy atom. The number of carbonyl (C=O) groups is 8. The van der Waals surface area contributed by atoms with Crippen molar-refractivity contribution in [2.45, 2.75) is 50.4 Å². The Kier molecular flexibility index (Phi) is 14.5. The summed E-state index contributed by atoms with van der Waals surface area (Å²) in [5.74, 6) is -9.21. The van der Waals surface area contributed by atoms with E-state index in [1.165, 1.54) is 6.92 Å². The van der Waals surface area contributed by atoms with Crippen LogP contribution in [0, 0.1) is 0 Å². The Labute approximate surface area is 209 Å². The van der Waals surface area contributed by atoms with Crippen LogP contribution in [0.15, 0.2) is 0 Å². The molecule has 0 aliphatic carbocycles.